The number of fused-ring (bicyclic) bond motifs is 3. The maximum atomic E-state index is 12.7. The molecule has 1 fully saturated rings. The summed E-state index contributed by atoms with van der Waals surface area (Å²) in [7, 11) is 0. The first-order valence-electron chi connectivity index (χ1n) is 10.3. The topological polar surface area (TPSA) is 55.0 Å². The van der Waals surface area contributed by atoms with E-state index in [-0.39, 0.29) is 11.5 Å². The van der Waals surface area contributed by atoms with Gasteiger partial charge in [-0.25, -0.2) is 4.79 Å². The summed E-state index contributed by atoms with van der Waals surface area (Å²) >= 11 is 0. The summed E-state index contributed by atoms with van der Waals surface area (Å²) in [5.41, 5.74) is 2.06. The molecular formula is C25H23N2O3+. The lowest BCUT2D eigenvalue weighted by Crippen LogP contribution is -3.13. The third-order valence-electron chi connectivity index (χ3n) is 5.93. The van der Waals surface area contributed by atoms with Crippen LogP contribution in [0.2, 0.25) is 0 Å². The zero-order valence-electron chi connectivity index (χ0n) is 16.6. The van der Waals surface area contributed by atoms with Crippen molar-refractivity contribution in [1.29, 1.82) is 0 Å². The molecule has 30 heavy (non-hydrogen) atoms. The van der Waals surface area contributed by atoms with E-state index in [1.165, 1.54) is 4.90 Å². The van der Waals surface area contributed by atoms with E-state index in [0.717, 1.165) is 46.9 Å². The smallest absolute Gasteiger partial charge is 0.336 e. The molecule has 0 spiro atoms. The van der Waals surface area contributed by atoms with Crippen LogP contribution >= 0.6 is 0 Å². The van der Waals surface area contributed by atoms with Gasteiger partial charge in [-0.15, -0.1) is 0 Å². The van der Waals surface area contributed by atoms with Gasteiger partial charge in [0.15, 0.2) is 0 Å². The number of piperazine rings is 1. The van der Waals surface area contributed by atoms with Crippen LogP contribution in [0.4, 0.5) is 0 Å². The molecule has 5 rings (SSSR count). The molecular weight excluding hydrogens is 376 g/mol. The highest BCUT2D eigenvalue weighted by molar-refractivity contribution is 6.07. The van der Waals surface area contributed by atoms with Crippen molar-refractivity contribution in [3.63, 3.8) is 0 Å². The molecule has 1 N–H and O–H groups in total. The first kappa shape index (κ1) is 18.6. The highest BCUT2D eigenvalue weighted by atomic mass is 16.4. The van der Waals surface area contributed by atoms with Crippen LogP contribution in [0, 0.1) is 0 Å². The number of amides is 1. The number of rotatable bonds is 3. The second kappa shape index (κ2) is 7.76. The quantitative estimate of drug-likeness (QED) is 0.425. The van der Waals surface area contributed by atoms with Crippen LogP contribution in [0.15, 0.2) is 82.0 Å². The van der Waals surface area contributed by atoms with Crippen LogP contribution in [-0.4, -0.2) is 37.0 Å². The molecule has 5 heteroatoms. The minimum Gasteiger partial charge on any atom is -0.423 e. The van der Waals surface area contributed by atoms with Crippen molar-refractivity contribution in [2.75, 3.05) is 26.2 Å². The van der Waals surface area contributed by atoms with Crippen molar-refractivity contribution >= 4 is 27.6 Å². The zero-order chi connectivity index (χ0) is 20.5. The Morgan fingerprint density at radius 3 is 2.47 bits per heavy atom. The van der Waals surface area contributed by atoms with Crippen molar-refractivity contribution in [1.82, 2.24) is 4.90 Å². The fraction of sp³-hybridized carbons (Fsp3) is 0.200. The van der Waals surface area contributed by atoms with Gasteiger partial charge in [-0.05, 0) is 29.0 Å². The van der Waals surface area contributed by atoms with E-state index in [9.17, 15) is 9.59 Å². The first-order chi connectivity index (χ1) is 14.7. The van der Waals surface area contributed by atoms with E-state index in [1.54, 1.807) is 6.07 Å². The van der Waals surface area contributed by atoms with Crippen LogP contribution < -0.4 is 10.5 Å². The predicted molar refractivity (Wildman–Crippen MR) is 117 cm³/mol. The summed E-state index contributed by atoms with van der Waals surface area (Å²) in [5, 5.41) is 3.25. The zero-order valence-corrected chi connectivity index (χ0v) is 16.6. The van der Waals surface area contributed by atoms with Crippen molar-refractivity contribution in [3.05, 3.63) is 94.3 Å². The van der Waals surface area contributed by atoms with Gasteiger partial charge >= 0.3 is 5.63 Å². The normalized spacial score (nSPS) is 15.0. The highest BCUT2D eigenvalue weighted by Crippen LogP contribution is 2.27. The maximum Gasteiger partial charge on any atom is 0.336 e. The van der Waals surface area contributed by atoms with Gasteiger partial charge in [-0.1, -0.05) is 48.5 Å². The van der Waals surface area contributed by atoms with Gasteiger partial charge < -0.3 is 14.2 Å². The van der Waals surface area contributed by atoms with Crippen LogP contribution in [0.1, 0.15) is 15.9 Å². The van der Waals surface area contributed by atoms with E-state index >= 15 is 0 Å². The van der Waals surface area contributed by atoms with E-state index in [1.807, 2.05) is 59.5 Å². The monoisotopic (exact) mass is 399 g/mol. The molecule has 1 aliphatic rings. The Morgan fingerprint density at radius 2 is 1.67 bits per heavy atom. The SMILES string of the molecule is O=C(c1ccccc1)N1CC[NH+](Cc2cc(=O)oc3ccc4ccccc4c23)CC1. The standard InChI is InChI=1S/C25H22N2O3/c28-23-16-20(24-21-9-5-4-6-18(21)10-11-22(24)30-23)17-26-12-14-27(15-13-26)25(29)19-7-2-1-3-8-19/h1-11,16H,12-15,17H2/p+1. The Morgan fingerprint density at radius 1 is 0.933 bits per heavy atom. The Hall–Kier alpha value is -3.44. The largest absolute Gasteiger partial charge is 0.423 e. The number of quaternary nitrogens is 1. The molecule has 0 unspecified atom stereocenters. The Kier molecular flexibility index (Phi) is 4.81. The van der Waals surface area contributed by atoms with E-state index in [2.05, 4.69) is 12.1 Å². The molecule has 1 saturated heterocycles. The maximum absolute atomic E-state index is 12.7. The molecule has 0 bridgehead atoms. The molecule has 1 amide bonds. The minimum atomic E-state index is -0.315. The van der Waals surface area contributed by atoms with Crippen LogP contribution in [-0.2, 0) is 6.54 Å². The summed E-state index contributed by atoms with van der Waals surface area (Å²) in [6, 6.07) is 23.1. The Balaban J connectivity index is 1.39. The lowest BCUT2D eigenvalue weighted by molar-refractivity contribution is -0.917. The molecule has 4 aromatic rings. The fourth-order valence-corrected chi connectivity index (χ4v) is 4.39. The number of nitrogens with one attached hydrogen (secondary N) is 1. The van der Waals surface area contributed by atoms with E-state index in [0.29, 0.717) is 18.7 Å². The van der Waals surface area contributed by atoms with Gasteiger partial charge in [0.05, 0.1) is 26.2 Å². The third-order valence-corrected chi connectivity index (χ3v) is 5.93. The summed E-state index contributed by atoms with van der Waals surface area (Å²) in [6.45, 7) is 3.87. The number of carbonyl (C=O) groups is 1. The highest BCUT2D eigenvalue weighted by Gasteiger charge is 2.25. The summed E-state index contributed by atoms with van der Waals surface area (Å²) in [5.74, 6) is 0.0893. The van der Waals surface area contributed by atoms with Crippen molar-refractivity contribution in [2.24, 2.45) is 0 Å². The van der Waals surface area contributed by atoms with Crippen LogP contribution in [0.25, 0.3) is 21.7 Å². The third kappa shape index (κ3) is 3.48. The van der Waals surface area contributed by atoms with Gasteiger partial charge in [0, 0.05) is 22.6 Å². The molecule has 0 atom stereocenters. The Labute approximate surface area is 174 Å². The number of hydrogen-bond acceptors (Lipinski definition) is 3. The molecule has 3 aromatic carbocycles. The summed E-state index contributed by atoms with van der Waals surface area (Å²) in [6.07, 6.45) is 0. The lowest BCUT2D eigenvalue weighted by atomic mass is 10.0. The van der Waals surface area contributed by atoms with Gasteiger partial charge in [0.25, 0.3) is 5.91 Å². The minimum absolute atomic E-state index is 0.0893. The molecule has 5 nitrogen and oxygen atoms in total. The average molecular weight is 399 g/mol. The fourth-order valence-electron chi connectivity index (χ4n) is 4.39. The number of carbonyl (C=O) groups excluding carboxylic acids is 1. The molecule has 2 heterocycles. The van der Waals surface area contributed by atoms with Gasteiger partial charge in [0.2, 0.25) is 0 Å². The summed E-state index contributed by atoms with van der Waals surface area (Å²) in [4.78, 5) is 28.1. The predicted octanol–water partition coefficient (Wildman–Crippen LogP) is 2.49. The second-order valence-corrected chi connectivity index (χ2v) is 7.84. The number of nitrogens with zero attached hydrogens (tertiary/aromatic N) is 1. The molecule has 0 radical (unpaired) electrons. The van der Waals surface area contributed by atoms with Crippen LogP contribution in [0.3, 0.4) is 0 Å². The summed E-state index contributed by atoms with van der Waals surface area (Å²) < 4.78 is 5.48. The lowest BCUT2D eigenvalue weighted by Gasteiger charge is -2.32. The first-order valence-corrected chi connectivity index (χ1v) is 10.3. The molecule has 0 saturated carbocycles. The van der Waals surface area contributed by atoms with Gasteiger partial charge in [0.1, 0.15) is 12.1 Å². The van der Waals surface area contributed by atoms with Crippen molar-refractivity contribution in [2.45, 2.75) is 6.54 Å². The average Bonchev–Trinajstić information content (AvgIpc) is 2.79. The molecule has 150 valence electrons. The van der Waals surface area contributed by atoms with Gasteiger partial charge in [-0.3, -0.25) is 4.79 Å². The second-order valence-electron chi connectivity index (χ2n) is 7.84. The molecule has 0 aliphatic carbocycles. The van der Waals surface area contributed by atoms with E-state index in [4.69, 9.17) is 4.42 Å². The van der Waals surface area contributed by atoms with Gasteiger partial charge in [-0.2, -0.15) is 0 Å². The van der Waals surface area contributed by atoms with Crippen LogP contribution in [0.5, 0.6) is 0 Å². The Bertz CT molecular complexity index is 1270. The number of benzene rings is 3. The molecule has 1 aliphatic heterocycles. The number of hydrogen-bond donors (Lipinski definition) is 1. The molecule has 1 aromatic heterocycles. The van der Waals surface area contributed by atoms with E-state index < -0.39 is 0 Å². The van der Waals surface area contributed by atoms with Crippen molar-refractivity contribution < 1.29 is 14.1 Å². The van der Waals surface area contributed by atoms with Crippen molar-refractivity contribution in [3.8, 4) is 0 Å².